The highest BCUT2D eigenvalue weighted by atomic mass is 16.5. The van der Waals surface area contributed by atoms with Gasteiger partial charge in [-0.05, 0) is 20.3 Å². The van der Waals surface area contributed by atoms with E-state index in [0.29, 0.717) is 39.5 Å². The van der Waals surface area contributed by atoms with Gasteiger partial charge in [0.15, 0.2) is 0 Å². The first-order valence-electron chi connectivity index (χ1n) is 8.25. The molecule has 0 saturated heterocycles. The van der Waals surface area contributed by atoms with E-state index in [9.17, 15) is 9.59 Å². The van der Waals surface area contributed by atoms with Gasteiger partial charge in [-0.15, -0.1) is 0 Å². The van der Waals surface area contributed by atoms with Crippen LogP contribution in [0.25, 0.3) is 0 Å². The number of ether oxygens (including phenoxy) is 3. The number of nitrogens with one attached hydrogen (secondary N) is 2. The van der Waals surface area contributed by atoms with Gasteiger partial charge in [-0.25, -0.2) is 0 Å². The van der Waals surface area contributed by atoms with E-state index < -0.39 is 0 Å². The lowest BCUT2D eigenvalue weighted by molar-refractivity contribution is -0.127. The van der Waals surface area contributed by atoms with Gasteiger partial charge in [0.25, 0.3) is 0 Å². The Kier molecular flexibility index (Phi) is 13.7. The average molecular weight is 332 g/mol. The first-order valence-corrected chi connectivity index (χ1v) is 8.25. The second kappa shape index (κ2) is 14.4. The summed E-state index contributed by atoms with van der Waals surface area (Å²) in [5.41, 5.74) is 0. The standard InChI is InChI=1S/C16H32N2O5/c1-13(2)16(20)18-6-5-8-21-10-11-22-9-7-17-15(19)12-23-14(3)4/h13-14H,5-12H2,1-4H3,(H,17,19)(H,18,20). The second-order valence-electron chi connectivity index (χ2n) is 5.73. The van der Waals surface area contributed by atoms with Crippen molar-refractivity contribution in [3.8, 4) is 0 Å². The molecule has 0 unspecified atom stereocenters. The molecule has 0 aliphatic carbocycles. The topological polar surface area (TPSA) is 85.9 Å². The van der Waals surface area contributed by atoms with Crippen molar-refractivity contribution in [2.24, 2.45) is 5.92 Å². The van der Waals surface area contributed by atoms with Crippen molar-refractivity contribution in [2.45, 2.75) is 40.2 Å². The minimum Gasteiger partial charge on any atom is -0.379 e. The zero-order valence-corrected chi connectivity index (χ0v) is 14.9. The number of hydrogen-bond acceptors (Lipinski definition) is 5. The molecule has 0 bridgehead atoms. The Morgan fingerprint density at radius 1 is 0.870 bits per heavy atom. The van der Waals surface area contributed by atoms with Crippen LogP contribution in [-0.4, -0.2) is 64.0 Å². The molecule has 0 aromatic rings. The molecule has 0 atom stereocenters. The van der Waals surface area contributed by atoms with Crippen LogP contribution in [0, 0.1) is 5.92 Å². The van der Waals surface area contributed by atoms with E-state index in [1.807, 2.05) is 27.7 Å². The summed E-state index contributed by atoms with van der Waals surface area (Å²) < 4.78 is 15.9. The molecule has 0 aromatic heterocycles. The van der Waals surface area contributed by atoms with Crippen molar-refractivity contribution in [1.29, 1.82) is 0 Å². The summed E-state index contributed by atoms with van der Waals surface area (Å²) in [5.74, 6) is -0.0575. The van der Waals surface area contributed by atoms with Crippen LogP contribution in [0.3, 0.4) is 0 Å². The first kappa shape index (κ1) is 21.8. The fourth-order valence-corrected chi connectivity index (χ4v) is 1.47. The van der Waals surface area contributed by atoms with Gasteiger partial charge < -0.3 is 24.8 Å². The van der Waals surface area contributed by atoms with Crippen LogP contribution in [0.4, 0.5) is 0 Å². The summed E-state index contributed by atoms with van der Waals surface area (Å²) >= 11 is 0. The number of hydrogen-bond donors (Lipinski definition) is 2. The lowest BCUT2D eigenvalue weighted by Crippen LogP contribution is -2.31. The molecule has 2 amide bonds. The third kappa shape index (κ3) is 15.5. The second-order valence-corrected chi connectivity index (χ2v) is 5.73. The fraction of sp³-hybridized carbons (Fsp3) is 0.875. The van der Waals surface area contributed by atoms with Crippen LogP contribution in [0.1, 0.15) is 34.1 Å². The quantitative estimate of drug-likeness (QED) is 0.458. The van der Waals surface area contributed by atoms with Gasteiger partial charge in [0.2, 0.25) is 11.8 Å². The third-order valence-corrected chi connectivity index (χ3v) is 2.78. The van der Waals surface area contributed by atoms with Crippen LogP contribution in [-0.2, 0) is 23.8 Å². The third-order valence-electron chi connectivity index (χ3n) is 2.78. The van der Waals surface area contributed by atoms with E-state index in [-0.39, 0.29) is 30.4 Å². The molecule has 7 heteroatoms. The van der Waals surface area contributed by atoms with Crippen LogP contribution in [0.15, 0.2) is 0 Å². The van der Waals surface area contributed by atoms with Crippen molar-refractivity contribution < 1.29 is 23.8 Å². The molecule has 2 N–H and O–H groups in total. The summed E-state index contributed by atoms with van der Waals surface area (Å²) in [6.07, 6.45) is 0.831. The molecular weight excluding hydrogens is 300 g/mol. The summed E-state index contributed by atoms with van der Waals surface area (Å²) in [6.45, 7) is 10.7. The van der Waals surface area contributed by atoms with Gasteiger partial charge in [0.1, 0.15) is 6.61 Å². The monoisotopic (exact) mass is 332 g/mol. The highest BCUT2D eigenvalue weighted by Gasteiger charge is 2.04. The lowest BCUT2D eigenvalue weighted by Gasteiger charge is -2.09. The van der Waals surface area contributed by atoms with Crippen LogP contribution in [0.2, 0.25) is 0 Å². The van der Waals surface area contributed by atoms with Gasteiger partial charge >= 0.3 is 0 Å². The molecule has 0 radical (unpaired) electrons. The molecular formula is C16H32N2O5. The van der Waals surface area contributed by atoms with Crippen molar-refractivity contribution in [1.82, 2.24) is 10.6 Å². The number of amides is 2. The SMILES string of the molecule is CC(C)OCC(=O)NCCOCCOCCCNC(=O)C(C)C. The molecule has 0 aromatic carbocycles. The Hall–Kier alpha value is -1.18. The van der Waals surface area contributed by atoms with Gasteiger partial charge in [-0.3, -0.25) is 9.59 Å². The van der Waals surface area contributed by atoms with E-state index in [1.165, 1.54) is 0 Å². The van der Waals surface area contributed by atoms with Crippen LogP contribution >= 0.6 is 0 Å². The van der Waals surface area contributed by atoms with E-state index in [1.54, 1.807) is 0 Å². The minimum atomic E-state index is -0.137. The van der Waals surface area contributed by atoms with Gasteiger partial charge in [-0.1, -0.05) is 13.8 Å². The molecule has 23 heavy (non-hydrogen) atoms. The largest absolute Gasteiger partial charge is 0.379 e. The predicted octanol–water partition coefficient (Wildman–Crippen LogP) is 0.723. The van der Waals surface area contributed by atoms with Crippen molar-refractivity contribution in [3.05, 3.63) is 0 Å². The Morgan fingerprint density at radius 2 is 1.52 bits per heavy atom. The maximum Gasteiger partial charge on any atom is 0.246 e. The maximum atomic E-state index is 11.3. The average Bonchev–Trinajstić information content (AvgIpc) is 2.50. The summed E-state index contributed by atoms with van der Waals surface area (Å²) in [5, 5.41) is 5.53. The summed E-state index contributed by atoms with van der Waals surface area (Å²) in [7, 11) is 0. The van der Waals surface area contributed by atoms with Gasteiger partial charge in [0, 0.05) is 25.6 Å². The normalized spacial score (nSPS) is 11.0. The zero-order chi connectivity index (χ0) is 17.5. The molecule has 0 rings (SSSR count). The van der Waals surface area contributed by atoms with Crippen LogP contribution in [0.5, 0.6) is 0 Å². The highest BCUT2D eigenvalue weighted by Crippen LogP contribution is 1.91. The summed E-state index contributed by atoms with van der Waals surface area (Å²) in [6, 6.07) is 0. The number of carbonyl (C=O) groups is 2. The molecule has 7 nitrogen and oxygen atoms in total. The fourth-order valence-electron chi connectivity index (χ4n) is 1.47. The summed E-state index contributed by atoms with van der Waals surface area (Å²) in [4.78, 5) is 22.6. The Balaban J connectivity index is 3.22. The maximum absolute atomic E-state index is 11.3. The van der Waals surface area contributed by atoms with Crippen molar-refractivity contribution in [3.63, 3.8) is 0 Å². The number of rotatable bonds is 14. The Morgan fingerprint density at radius 3 is 2.13 bits per heavy atom. The predicted molar refractivity (Wildman–Crippen MR) is 88.2 cm³/mol. The van der Waals surface area contributed by atoms with E-state index in [0.717, 1.165) is 6.42 Å². The van der Waals surface area contributed by atoms with Crippen molar-refractivity contribution >= 4 is 11.8 Å². The minimum absolute atomic E-state index is 0.0155. The molecule has 136 valence electrons. The van der Waals surface area contributed by atoms with E-state index in [2.05, 4.69) is 10.6 Å². The van der Waals surface area contributed by atoms with Crippen molar-refractivity contribution in [2.75, 3.05) is 46.1 Å². The highest BCUT2D eigenvalue weighted by molar-refractivity contribution is 5.77. The first-order chi connectivity index (χ1) is 10.9. The zero-order valence-electron chi connectivity index (χ0n) is 14.9. The number of carbonyl (C=O) groups excluding carboxylic acids is 2. The molecule has 0 saturated carbocycles. The van der Waals surface area contributed by atoms with Gasteiger partial charge in [-0.2, -0.15) is 0 Å². The lowest BCUT2D eigenvalue weighted by atomic mass is 10.2. The van der Waals surface area contributed by atoms with E-state index >= 15 is 0 Å². The molecule has 0 aliphatic rings. The van der Waals surface area contributed by atoms with Gasteiger partial charge in [0.05, 0.1) is 25.9 Å². The smallest absolute Gasteiger partial charge is 0.246 e. The molecule has 0 fully saturated rings. The molecule has 0 heterocycles. The Bertz CT molecular complexity index is 322. The van der Waals surface area contributed by atoms with E-state index in [4.69, 9.17) is 14.2 Å². The Labute approximate surface area is 139 Å². The molecule has 0 spiro atoms. The van der Waals surface area contributed by atoms with Crippen LogP contribution < -0.4 is 10.6 Å². The molecule has 0 aliphatic heterocycles.